The van der Waals surface area contributed by atoms with Crippen molar-refractivity contribution in [3.8, 4) is 0 Å². The molecule has 0 aliphatic carbocycles. The summed E-state index contributed by atoms with van der Waals surface area (Å²) in [6.07, 6.45) is 3.77. The zero-order valence-electron chi connectivity index (χ0n) is 11.3. The number of pyridine rings is 1. The lowest BCUT2D eigenvalue weighted by molar-refractivity contribution is 0.686. The van der Waals surface area contributed by atoms with Crippen molar-refractivity contribution < 1.29 is 0 Å². The minimum Gasteiger partial charge on any atom is -0.309 e. The van der Waals surface area contributed by atoms with Gasteiger partial charge in [0.15, 0.2) is 0 Å². The molecule has 0 saturated carbocycles. The van der Waals surface area contributed by atoms with Gasteiger partial charge in [-0.25, -0.2) is 0 Å². The van der Waals surface area contributed by atoms with Crippen molar-refractivity contribution in [3.05, 3.63) is 64.5 Å². The minimum absolute atomic E-state index is 0.868. The predicted octanol–water partition coefficient (Wildman–Crippen LogP) is 3.30. The van der Waals surface area contributed by atoms with Crippen LogP contribution in [-0.2, 0) is 13.1 Å². The molecule has 0 radical (unpaired) electrons. The molecule has 2 heteroatoms. The Kier molecular flexibility index (Phi) is 4.11. The number of aryl methyl sites for hydroxylation is 3. The second kappa shape index (κ2) is 5.78. The fourth-order valence-electron chi connectivity index (χ4n) is 2.06. The quantitative estimate of drug-likeness (QED) is 0.887. The van der Waals surface area contributed by atoms with Gasteiger partial charge in [0, 0.05) is 25.5 Å². The molecule has 0 spiro atoms. The van der Waals surface area contributed by atoms with Crippen molar-refractivity contribution >= 4 is 0 Å². The number of nitrogens with one attached hydrogen (secondary N) is 1. The molecular formula is C16H20N2. The molecule has 0 atom stereocenters. The molecule has 1 heterocycles. The van der Waals surface area contributed by atoms with Gasteiger partial charge < -0.3 is 5.32 Å². The first-order chi connectivity index (χ1) is 8.66. The third-order valence-electron chi connectivity index (χ3n) is 3.28. The molecule has 0 fully saturated rings. The smallest absolute Gasteiger partial charge is 0.0315 e. The summed E-state index contributed by atoms with van der Waals surface area (Å²) in [6.45, 7) is 8.19. The fraction of sp³-hybridized carbons (Fsp3) is 0.312. The Morgan fingerprint density at radius 1 is 0.944 bits per heavy atom. The Hall–Kier alpha value is -1.67. The first-order valence-electron chi connectivity index (χ1n) is 6.33. The van der Waals surface area contributed by atoms with Gasteiger partial charge in [-0.15, -0.1) is 0 Å². The average molecular weight is 240 g/mol. The third kappa shape index (κ3) is 3.17. The summed E-state index contributed by atoms with van der Waals surface area (Å²) >= 11 is 0. The van der Waals surface area contributed by atoms with Gasteiger partial charge in [0.1, 0.15) is 0 Å². The van der Waals surface area contributed by atoms with Gasteiger partial charge in [0.25, 0.3) is 0 Å². The van der Waals surface area contributed by atoms with Gasteiger partial charge >= 0.3 is 0 Å². The molecule has 1 aromatic carbocycles. The first kappa shape index (κ1) is 12.8. The summed E-state index contributed by atoms with van der Waals surface area (Å²) in [6, 6.07) is 8.65. The molecule has 0 aliphatic heterocycles. The molecule has 0 amide bonds. The van der Waals surface area contributed by atoms with Gasteiger partial charge in [-0.2, -0.15) is 0 Å². The Morgan fingerprint density at radius 3 is 2.44 bits per heavy atom. The minimum atomic E-state index is 0.868. The molecule has 1 aromatic heterocycles. The SMILES string of the molecule is Cc1ccc(CNCc2cnccc2C)c(C)c1. The van der Waals surface area contributed by atoms with Crippen molar-refractivity contribution in [2.75, 3.05) is 0 Å². The predicted molar refractivity (Wildman–Crippen MR) is 75.4 cm³/mol. The van der Waals surface area contributed by atoms with E-state index in [0.29, 0.717) is 0 Å². The monoisotopic (exact) mass is 240 g/mol. The summed E-state index contributed by atoms with van der Waals surface area (Å²) in [5.41, 5.74) is 6.59. The standard InChI is InChI=1S/C16H20N2/c1-12-4-5-15(14(3)8-12)9-18-11-16-10-17-7-6-13(16)2/h4-8,10,18H,9,11H2,1-3H3. The lowest BCUT2D eigenvalue weighted by Crippen LogP contribution is -2.14. The Balaban J connectivity index is 1.95. The first-order valence-corrected chi connectivity index (χ1v) is 6.33. The van der Waals surface area contributed by atoms with Crippen LogP contribution in [0.2, 0.25) is 0 Å². The van der Waals surface area contributed by atoms with Gasteiger partial charge in [0.05, 0.1) is 0 Å². The highest BCUT2D eigenvalue weighted by atomic mass is 14.9. The van der Waals surface area contributed by atoms with Crippen LogP contribution in [0, 0.1) is 20.8 Å². The molecule has 0 unspecified atom stereocenters. The van der Waals surface area contributed by atoms with E-state index in [9.17, 15) is 0 Å². The van der Waals surface area contributed by atoms with E-state index in [1.165, 1.54) is 27.8 Å². The number of hydrogen-bond donors (Lipinski definition) is 1. The summed E-state index contributed by atoms with van der Waals surface area (Å²) in [5, 5.41) is 3.48. The second-order valence-electron chi connectivity index (χ2n) is 4.84. The van der Waals surface area contributed by atoms with Crippen molar-refractivity contribution in [2.45, 2.75) is 33.9 Å². The Labute approximate surface area is 109 Å². The van der Waals surface area contributed by atoms with Crippen LogP contribution in [-0.4, -0.2) is 4.98 Å². The van der Waals surface area contributed by atoms with Crippen LogP contribution in [0.1, 0.15) is 27.8 Å². The van der Waals surface area contributed by atoms with Crippen molar-refractivity contribution in [1.29, 1.82) is 0 Å². The van der Waals surface area contributed by atoms with Crippen LogP contribution in [0.15, 0.2) is 36.7 Å². The number of hydrogen-bond acceptors (Lipinski definition) is 2. The van der Waals surface area contributed by atoms with Crippen LogP contribution in [0.5, 0.6) is 0 Å². The normalized spacial score (nSPS) is 10.6. The largest absolute Gasteiger partial charge is 0.309 e. The van der Waals surface area contributed by atoms with E-state index >= 15 is 0 Å². The van der Waals surface area contributed by atoms with Crippen LogP contribution < -0.4 is 5.32 Å². The zero-order chi connectivity index (χ0) is 13.0. The van der Waals surface area contributed by atoms with Gasteiger partial charge in [0.2, 0.25) is 0 Å². The van der Waals surface area contributed by atoms with Crippen LogP contribution >= 0.6 is 0 Å². The summed E-state index contributed by atoms with van der Waals surface area (Å²) in [5.74, 6) is 0. The fourth-order valence-corrected chi connectivity index (χ4v) is 2.06. The zero-order valence-corrected chi connectivity index (χ0v) is 11.3. The van der Waals surface area contributed by atoms with Gasteiger partial charge in [-0.1, -0.05) is 23.8 Å². The molecule has 94 valence electrons. The molecule has 2 nitrogen and oxygen atoms in total. The number of aromatic nitrogens is 1. The van der Waals surface area contributed by atoms with E-state index < -0.39 is 0 Å². The maximum Gasteiger partial charge on any atom is 0.0315 e. The van der Waals surface area contributed by atoms with Gasteiger partial charge in [-0.3, -0.25) is 4.98 Å². The molecule has 1 N–H and O–H groups in total. The van der Waals surface area contributed by atoms with Crippen LogP contribution in [0.3, 0.4) is 0 Å². The van der Waals surface area contributed by atoms with Crippen molar-refractivity contribution in [2.24, 2.45) is 0 Å². The summed E-state index contributed by atoms with van der Waals surface area (Å²) in [7, 11) is 0. The molecule has 2 rings (SSSR count). The van der Waals surface area contributed by atoms with Crippen LogP contribution in [0.4, 0.5) is 0 Å². The molecule has 2 aromatic rings. The molecular weight excluding hydrogens is 220 g/mol. The van der Waals surface area contributed by atoms with E-state index in [1.54, 1.807) is 0 Å². The van der Waals surface area contributed by atoms with E-state index in [0.717, 1.165) is 13.1 Å². The highest BCUT2D eigenvalue weighted by Gasteiger charge is 2.00. The highest BCUT2D eigenvalue weighted by molar-refractivity contribution is 5.30. The second-order valence-corrected chi connectivity index (χ2v) is 4.84. The van der Waals surface area contributed by atoms with Gasteiger partial charge in [-0.05, 0) is 49.1 Å². The number of benzene rings is 1. The maximum atomic E-state index is 4.16. The van der Waals surface area contributed by atoms with Crippen molar-refractivity contribution in [3.63, 3.8) is 0 Å². The molecule has 0 saturated heterocycles. The molecule has 0 bridgehead atoms. The highest BCUT2D eigenvalue weighted by Crippen LogP contribution is 2.11. The third-order valence-corrected chi connectivity index (χ3v) is 3.28. The van der Waals surface area contributed by atoms with Crippen molar-refractivity contribution in [1.82, 2.24) is 10.3 Å². The van der Waals surface area contributed by atoms with E-state index in [2.05, 4.69) is 49.3 Å². The van der Waals surface area contributed by atoms with E-state index in [4.69, 9.17) is 0 Å². The number of rotatable bonds is 4. The molecule has 18 heavy (non-hydrogen) atoms. The lowest BCUT2D eigenvalue weighted by atomic mass is 10.1. The average Bonchev–Trinajstić information content (AvgIpc) is 2.34. The summed E-state index contributed by atoms with van der Waals surface area (Å²) < 4.78 is 0. The number of nitrogens with zero attached hydrogens (tertiary/aromatic N) is 1. The molecule has 0 aliphatic rings. The van der Waals surface area contributed by atoms with E-state index in [-0.39, 0.29) is 0 Å². The Morgan fingerprint density at radius 2 is 1.72 bits per heavy atom. The Bertz CT molecular complexity index is 532. The topological polar surface area (TPSA) is 24.9 Å². The lowest BCUT2D eigenvalue weighted by Gasteiger charge is -2.10. The maximum absolute atomic E-state index is 4.16. The summed E-state index contributed by atoms with van der Waals surface area (Å²) in [4.78, 5) is 4.16. The van der Waals surface area contributed by atoms with Crippen LogP contribution in [0.25, 0.3) is 0 Å². The van der Waals surface area contributed by atoms with E-state index in [1.807, 2.05) is 18.5 Å².